The lowest BCUT2D eigenvalue weighted by Gasteiger charge is -2.40. The van der Waals surface area contributed by atoms with Crippen molar-refractivity contribution in [3.8, 4) is 0 Å². The lowest BCUT2D eigenvalue weighted by atomic mass is 10.0. The van der Waals surface area contributed by atoms with Gasteiger partial charge in [-0.05, 0) is 41.5 Å². The third kappa shape index (κ3) is 4.62. The minimum atomic E-state index is -0.631. The second kappa shape index (κ2) is 8.95. The minimum absolute atomic E-state index is 0.0713. The van der Waals surface area contributed by atoms with Crippen molar-refractivity contribution < 1.29 is 23.5 Å². The highest BCUT2D eigenvalue weighted by Crippen LogP contribution is 2.61. The van der Waals surface area contributed by atoms with Gasteiger partial charge in [-0.25, -0.2) is 0 Å². The van der Waals surface area contributed by atoms with Crippen molar-refractivity contribution in [3.05, 3.63) is 35.9 Å². The molecule has 0 aromatic heterocycles. The maximum Gasteiger partial charge on any atom is 0.157 e. The van der Waals surface area contributed by atoms with Crippen LogP contribution in [0.4, 0.5) is 0 Å². The largest absolute Gasteiger partial charge is 0.368 e. The Morgan fingerprint density at radius 3 is 2.54 bits per heavy atom. The molecule has 0 N–H and O–H groups in total. The molecule has 3 rings (SSSR count). The number of benzene rings is 1. The standard InChI is InChI=1S/C16H22IO5PS/c1-10-13(19-9-12-7-5-4-6-8-12)14-15(22-11(2)21-14)16(20-10)24-23(17)18-3/h4-8,10-11,13-16H,9H2,1-3H3. The molecule has 7 atom stereocenters. The summed E-state index contributed by atoms with van der Waals surface area (Å²) in [6.45, 7) is 4.49. The highest BCUT2D eigenvalue weighted by molar-refractivity contribution is 14.2. The van der Waals surface area contributed by atoms with E-state index >= 15 is 0 Å². The van der Waals surface area contributed by atoms with Crippen LogP contribution in [0, 0.1) is 0 Å². The molecule has 1 aromatic rings. The average molecular weight is 484 g/mol. The van der Waals surface area contributed by atoms with E-state index in [2.05, 4.69) is 34.2 Å². The van der Waals surface area contributed by atoms with E-state index in [9.17, 15) is 0 Å². The van der Waals surface area contributed by atoms with Gasteiger partial charge in [-0.1, -0.05) is 41.7 Å². The van der Waals surface area contributed by atoms with E-state index in [1.54, 1.807) is 18.5 Å². The predicted molar refractivity (Wildman–Crippen MR) is 104 cm³/mol. The average Bonchev–Trinajstić information content (AvgIpc) is 2.97. The quantitative estimate of drug-likeness (QED) is 0.438. The molecule has 0 aliphatic carbocycles. The maximum absolute atomic E-state index is 6.19. The fourth-order valence-electron chi connectivity index (χ4n) is 2.95. The molecule has 0 bridgehead atoms. The fraction of sp³-hybridized carbons (Fsp3) is 0.625. The minimum Gasteiger partial charge on any atom is -0.368 e. The first-order valence-electron chi connectivity index (χ1n) is 7.87. The van der Waals surface area contributed by atoms with Gasteiger partial charge in [0.05, 0.1) is 12.7 Å². The van der Waals surface area contributed by atoms with Gasteiger partial charge in [-0.3, -0.25) is 0 Å². The second-order valence-corrected chi connectivity index (χ2v) is 13.4. The number of fused-ring (bicyclic) bond motifs is 1. The molecule has 2 aliphatic heterocycles. The van der Waals surface area contributed by atoms with Gasteiger partial charge in [-0.2, -0.15) is 0 Å². The topological polar surface area (TPSA) is 46.2 Å². The van der Waals surface area contributed by atoms with Crippen LogP contribution < -0.4 is 0 Å². The monoisotopic (exact) mass is 484 g/mol. The normalized spacial score (nSPS) is 37.2. The Morgan fingerprint density at radius 1 is 1.12 bits per heavy atom. The Bertz CT molecular complexity index is 524. The molecule has 24 heavy (non-hydrogen) atoms. The van der Waals surface area contributed by atoms with Crippen LogP contribution >= 0.6 is 38.4 Å². The van der Waals surface area contributed by atoms with Crippen molar-refractivity contribution in [2.24, 2.45) is 0 Å². The highest BCUT2D eigenvalue weighted by atomic mass is 127. The number of ether oxygens (including phenoxy) is 4. The first kappa shape index (κ1) is 19.3. The molecule has 2 heterocycles. The van der Waals surface area contributed by atoms with Crippen molar-refractivity contribution >= 4 is 38.4 Å². The van der Waals surface area contributed by atoms with Crippen LogP contribution in [0.2, 0.25) is 0 Å². The van der Waals surface area contributed by atoms with Gasteiger partial charge in [0.2, 0.25) is 0 Å². The van der Waals surface area contributed by atoms with Crippen LogP contribution in [-0.2, 0) is 30.1 Å². The van der Waals surface area contributed by atoms with Crippen molar-refractivity contribution in [2.75, 3.05) is 7.11 Å². The summed E-state index contributed by atoms with van der Waals surface area (Å²) in [6, 6.07) is 10.1. The van der Waals surface area contributed by atoms with Crippen molar-refractivity contribution in [1.82, 2.24) is 0 Å². The van der Waals surface area contributed by atoms with Gasteiger partial charge < -0.3 is 23.5 Å². The maximum atomic E-state index is 6.19. The molecule has 0 amide bonds. The lowest BCUT2D eigenvalue weighted by molar-refractivity contribution is -0.179. The Morgan fingerprint density at radius 2 is 1.83 bits per heavy atom. The molecule has 0 saturated carbocycles. The smallest absolute Gasteiger partial charge is 0.157 e. The van der Waals surface area contributed by atoms with Crippen LogP contribution in [0.15, 0.2) is 30.3 Å². The summed E-state index contributed by atoms with van der Waals surface area (Å²) in [7, 11) is 1.72. The van der Waals surface area contributed by atoms with Gasteiger partial charge in [0.25, 0.3) is 0 Å². The number of halogens is 1. The molecule has 7 unspecified atom stereocenters. The van der Waals surface area contributed by atoms with Gasteiger partial charge >= 0.3 is 0 Å². The van der Waals surface area contributed by atoms with Gasteiger partial charge in [0.15, 0.2) is 11.3 Å². The van der Waals surface area contributed by atoms with Crippen molar-refractivity contribution in [1.29, 1.82) is 0 Å². The highest BCUT2D eigenvalue weighted by Gasteiger charge is 2.52. The summed E-state index contributed by atoms with van der Waals surface area (Å²) in [4.78, 5) is -0.631. The Balaban J connectivity index is 1.67. The van der Waals surface area contributed by atoms with E-state index in [0.29, 0.717) is 6.61 Å². The second-order valence-electron chi connectivity index (χ2n) is 5.74. The first-order chi connectivity index (χ1) is 11.6. The zero-order valence-corrected chi connectivity index (χ0v) is 17.7. The number of hydrogen-bond acceptors (Lipinski definition) is 6. The summed E-state index contributed by atoms with van der Waals surface area (Å²) in [5, 5.41) is 0. The van der Waals surface area contributed by atoms with Crippen LogP contribution in [-0.4, -0.2) is 43.3 Å². The Kier molecular flexibility index (Phi) is 7.20. The molecule has 0 spiro atoms. The van der Waals surface area contributed by atoms with Crippen molar-refractivity contribution in [3.63, 3.8) is 0 Å². The zero-order valence-electron chi connectivity index (χ0n) is 13.8. The van der Waals surface area contributed by atoms with Gasteiger partial charge in [0, 0.05) is 7.11 Å². The third-order valence-electron chi connectivity index (χ3n) is 4.04. The van der Waals surface area contributed by atoms with Crippen LogP contribution in [0.5, 0.6) is 0 Å². The summed E-state index contributed by atoms with van der Waals surface area (Å²) < 4.78 is 29.7. The zero-order chi connectivity index (χ0) is 17.1. The van der Waals surface area contributed by atoms with Crippen LogP contribution in [0.3, 0.4) is 0 Å². The summed E-state index contributed by atoms with van der Waals surface area (Å²) >= 11 is 3.97. The van der Waals surface area contributed by atoms with E-state index in [-0.39, 0.29) is 36.1 Å². The Labute approximate surface area is 161 Å². The summed E-state index contributed by atoms with van der Waals surface area (Å²) in [5.41, 5.74) is 1.04. The SMILES string of the molecule is COP(I)SC1OC(C)C(OCc2ccccc2)C2OC(C)OC12. The fourth-order valence-corrected chi connectivity index (χ4v) is 7.04. The third-order valence-corrected chi connectivity index (χ3v) is 9.88. The molecular formula is C16H22IO5PS. The summed E-state index contributed by atoms with van der Waals surface area (Å²) in [6.07, 6.45) is -0.737. The van der Waals surface area contributed by atoms with E-state index in [0.717, 1.165) is 5.56 Å². The molecule has 2 aliphatic rings. The van der Waals surface area contributed by atoms with E-state index in [1.165, 1.54) is 0 Å². The molecule has 0 radical (unpaired) electrons. The molecular weight excluding hydrogens is 462 g/mol. The van der Waals surface area contributed by atoms with Gasteiger partial charge in [-0.15, -0.1) is 0 Å². The summed E-state index contributed by atoms with van der Waals surface area (Å²) in [5.74, 6) is 0. The van der Waals surface area contributed by atoms with Crippen LogP contribution in [0.1, 0.15) is 19.4 Å². The Hall–Kier alpha value is 0.530. The molecule has 5 nitrogen and oxygen atoms in total. The molecule has 8 heteroatoms. The number of rotatable bonds is 6. The predicted octanol–water partition coefficient (Wildman–Crippen LogP) is 4.49. The van der Waals surface area contributed by atoms with E-state index in [4.69, 9.17) is 23.5 Å². The van der Waals surface area contributed by atoms with Gasteiger partial charge in [0.1, 0.15) is 23.7 Å². The molecule has 2 saturated heterocycles. The lowest BCUT2D eigenvalue weighted by Crippen LogP contribution is -2.55. The first-order valence-corrected chi connectivity index (χ1v) is 13.4. The van der Waals surface area contributed by atoms with Crippen LogP contribution in [0.25, 0.3) is 0 Å². The molecule has 2 fully saturated rings. The van der Waals surface area contributed by atoms with E-state index in [1.807, 2.05) is 32.0 Å². The van der Waals surface area contributed by atoms with E-state index < -0.39 is 4.99 Å². The molecule has 1 aromatic carbocycles. The number of hydrogen-bond donors (Lipinski definition) is 0. The van der Waals surface area contributed by atoms with Crippen molar-refractivity contribution in [2.45, 2.75) is 56.6 Å². The molecule has 134 valence electrons.